The lowest BCUT2D eigenvalue weighted by molar-refractivity contribution is -0.0300. The molecule has 6 nitrogen and oxygen atoms in total. The van der Waals surface area contributed by atoms with Crippen LogP contribution < -0.4 is 4.74 Å². The van der Waals surface area contributed by atoms with E-state index >= 15 is 0 Å². The summed E-state index contributed by atoms with van der Waals surface area (Å²) in [6.07, 6.45) is 2.48. The van der Waals surface area contributed by atoms with Gasteiger partial charge in [-0.2, -0.15) is 0 Å². The molecule has 2 rings (SSSR count). The summed E-state index contributed by atoms with van der Waals surface area (Å²) in [5.41, 5.74) is 0.696. The fraction of sp³-hybridized carbons (Fsp3) is 0.682. The number of carbonyl (C=O) groups is 1. The lowest BCUT2D eigenvalue weighted by atomic mass is 10.1. The van der Waals surface area contributed by atoms with Gasteiger partial charge < -0.3 is 23.8 Å². The zero-order valence-electron chi connectivity index (χ0n) is 17.7. The fourth-order valence-electron chi connectivity index (χ4n) is 2.97. The maximum atomic E-state index is 12.0. The van der Waals surface area contributed by atoms with Crippen LogP contribution >= 0.6 is 0 Å². The van der Waals surface area contributed by atoms with Crippen molar-refractivity contribution in [1.29, 1.82) is 0 Å². The minimum atomic E-state index is -0.452. The number of carbonyl (C=O) groups excluding carboxylic acids is 1. The predicted octanol–water partition coefficient (Wildman–Crippen LogP) is 4.20. The minimum absolute atomic E-state index is 0.187. The topological polar surface area (TPSA) is 57.2 Å². The van der Waals surface area contributed by atoms with Gasteiger partial charge in [-0.15, -0.1) is 0 Å². The second-order valence-corrected chi connectivity index (χ2v) is 8.12. The van der Waals surface area contributed by atoms with Crippen LogP contribution in [0, 0.1) is 6.92 Å². The SMILES string of the molecule is Cc1ccccc1OCCCOCCOC1CCN(C(=O)OC(C)(C)C)CC1. The second kappa shape index (κ2) is 11.3. The Kier molecular flexibility index (Phi) is 9.06. The third kappa shape index (κ3) is 8.48. The number of amides is 1. The number of aryl methyl sites for hydroxylation is 1. The predicted molar refractivity (Wildman–Crippen MR) is 109 cm³/mol. The van der Waals surface area contributed by atoms with E-state index in [0.717, 1.165) is 30.6 Å². The fourth-order valence-corrected chi connectivity index (χ4v) is 2.97. The highest BCUT2D eigenvalue weighted by molar-refractivity contribution is 5.68. The van der Waals surface area contributed by atoms with E-state index in [1.807, 2.05) is 52.0 Å². The summed E-state index contributed by atoms with van der Waals surface area (Å²) < 4.78 is 22.6. The van der Waals surface area contributed by atoms with Gasteiger partial charge in [0, 0.05) is 26.1 Å². The Morgan fingerprint density at radius 3 is 2.46 bits per heavy atom. The molecule has 1 heterocycles. The molecule has 1 amide bonds. The highest BCUT2D eigenvalue weighted by atomic mass is 16.6. The van der Waals surface area contributed by atoms with Crippen molar-refractivity contribution in [3.05, 3.63) is 29.8 Å². The number of nitrogens with zero attached hydrogens (tertiary/aromatic N) is 1. The first-order valence-electron chi connectivity index (χ1n) is 10.2. The molecule has 0 N–H and O–H groups in total. The van der Waals surface area contributed by atoms with Crippen LogP contribution in [0.3, 0.4) is 0 Å². The summed E-state index contributed by atoms with van der Waals surface area (Å²) in [6.45, 7) is 11.5. The Labute approximate surface area is 169 Å². The van der Waals surface area contributed by atoms with Gasteiger partial charge in [0.25, 0.3) is 0 Å². The molecular weight excluding hydrogens is 358 g/mol. The zero-order valence-corrected chi connectivity index (χ0v) is 17.7. The highest BCUT2D eigenvalue weighted by Gasteiger charge is 2.27. The van der Waals surface area contributed by atoms with Crippen molar-refractivity contribution in [1.82, 2.24) is 4.90 Å². The van der Waals surface area contributed by atoms with Crippen molar-refractivity contribution in [3.63, 3.8) is 0 Å². The lowest BCUT2D eigenvalue weighted by Crippen LogP contribution is -2.43. The number of likely N-dealkylation sites (tertiary alicyclic amines) is 1. The largest absolute Gasteiger partial charge is 0.493 e. The average Bonchev–Trinajstić information content (AvgIpc) is 2.64. The summed E-state index contributed by atoms with van der Waals surface area (Å²) in [7, 11) is 0. The van der Waals surface area contributed by atoms with Gasteiger partial charge in [-0.1, -0.05) is 18.2 Å². The van der Waals surface area contributed by atoms with Crippen LogP contribution in [0.25, 0.3) is 0 Å². The van der Waals surface area contributed by atoms with E-state index in [9.17, 15) is 4.79 Å². The van der Waals surface area contributed by atoms with E-state index in [2.05, 4.69) is 0 Å². The molecule has 1 aromatic carbocycles. The quantitative estimate of drug-likeness (QED) is 0.589. The van der Waals surface area contributed by atoms with Crippen molar-refractivity contribution >= 4 is 6.09 Å². The standard InChI is InChI=1S/C22H35NO5/c1-18-8-5-6-9-20(18)27-15-7-14-25-16-17-26-19-10-12-23(13-11-19)21(24)28-22(2,3)4/h5-6,8-9,19H,7,10-17H2,1-4H3. The molecule has 1 fully saturated rings. The van der Waals surface area contributed by atoms with Crippen molar-refractivity contribution < 1.29 is 23.7 Å². The first kappa shape index (κ1) is 22.5. The number of para-hydroxylation sites is 1. The Balaban J connectivity index is 1.46. The summed E-state index contributed by atoms with van der Waals surface area (Å²) in [5.74, 6) is 0.934. The number of rotatable bonds is 9. The van der Waals surface area contributed by atoms with E-state index in [4.69, 9.17) is 18.9 Å². The monoisotopic (exact) mass is 393 g/mol. The van der Waals surface area contributed by atoms with Gasteiger partial charge in [-0.05, 0) is 52.2 Å². The van der Waals surface area contributed by atoms with Crippen LogP contribution in [0.15, 0.2) is 24.3 Å². The zero-order chi connectivity index (χ0) is 20.4. The molecule has 28 heavy (non-hydrogen) atoms. The summed E-state index contributed by atoms with van der Waals surface area (Å²) in [4.78, 5) is 13.8. The van der Waals surface area contributed by atoms with Crippen molar-refractivity contribution in [2.45, 2.75) is 58.7 Å². The highest BCUT2D eigenvalue weighted by Crippen LogP contribution is 2.18. The van der Waals surface area contributed by atoms with E-state index in [1.54, 1.807) is 4.90 Å². The van der Waals surface area contributed by atoms with Gasteiger partial charge in [0.2, 0.25) is 0 Å². The Bertz CT molecular complexity index is 591. The number of ether oxygens (including phenoxy) is 4. The van der Waals surface area contributed by atoms with Crippen LogP contribution in [0.4, 0.5) is 4.79 Å². The first-order valence-corrected chi connectivity index (χ1v) is 10.2. The molecule has 0 spiro atoms. The van der Waals surface area contributed by atoms with E-state index in [1.165, 1.54) is 0 Å². The lowest BCUT2D eigenvalue weighted by Gasteiger charge is -2.33. The molecule has 1 aliphatic rings. The van der Waals surface area contributed by atoms with Crippen LogP contribution in [-0.4, -0.2) is 62.2 Å². The van der Waals surface area contributed by atoms with Crippen molar-refractivity contribution in [2.75, 3.05) is 39.5 Å². The summed E-state index contributed by atoms with van der Waals surface area (Å²) in [5, 5.41) is 0. The van der Waals surface area contributed by atoms with Crippen LogP contribution in [0.5, 0.6) is 5.75 Å². The van der Waals surface area contributed by atoms with Gasteiger partial charge in [0.1, 0.15) is 11.4 Å². The molecule has 0 unspecified atom stereocenters. The minimum Gasteiger partial charge on any atom is -0.493 e. The molecular formula is C22H35NO5. The first-order chi connectivity index (χ1) is 13.3. The average molecular weight is 394 g/mol. The normalized spacial score (nSPS) is 15.5. The molecule has 0 aromatic heterocycles. The van der Waals surface area contributed by atoms with E-state index in [-0.39, 0.29) is 12.2 Å². The molecule has 0 saturated carbocycles. The van der Waals surface area contributed by atoms with Gasteiger partial charge in [-0.3, -0.25) is 0 Å². The molecule has 158 valence electrons. The molecule has 6 heteroatoms. The second-order valence-electron chi connectivity index (χ2n) is 8.12. The van der Waals surface area contributed by atoms with Crippen molar-refractivity contribution in [3.8, 4) is 5.75 Å². The number of piperidine rings is 1. The maximum absolute atomic E-state index is 12.0. The third-order valence-corrected chi connectivity index (χ3v) is 4.46. The maximum Gasteiger partial charge on any atom is 0.410 e. The van der Waals surface area contributed by atoms with Crippen LogP contribution in [0.2, 0.25) is 0 Å². The summed E-state index contributed by atoms with van der Waals surface area (Å²) in [6, 6.07) is 8.01. The Morgan fingerprint density at radius 1 is 1.07 bits per heavy atom. The molecule has 1 aliphatic heterocycles. The van der Waals surface area contributed by atoms with Gasteiger partial charge in [0.05, 0.1) is 25.9 Å². The smallest absolute Gasteiger partial charge is 0.410 e. The van der Waals surface area contributed by atoms with Gasteiger partial charge >= 0.3 is 6.09 Å². The van der Waals surface area contributed by atoms with Crippen LogP contribution in [-0.2, 0) is 14.2 Å². The Hall–Kier alpha value is -1.79. The van der Waals surface area contributed by atoms with Crippen molar-refractivity contribution in [2.24, 2.45) is 0 Å². The number of hydrogen-bond donors (Lipinski definition) is 0. The number of benzene rings is 1. The summed E-state index contributed by atoms with van der Waals surface area (Å²) >= 11 is 0. The van der Waals surface area contributed by atoms with E-state index in [0.29, 0.717) is 39.5 Å². The van der Waals surface area contributed by atoms with E-state index < -0.39 is 5.60 Å². The molecule has 0 radical (unpaired) electrons. The van der Waals surface area contributed by atoms with Crippen LogP contribution in [0.1, 0.15) is 45.6 Å². The molecule has 0 bridgehead atoms. The number of hydrogen-bond acceptors (Lipinski definition) is 5. The third-order valence-electron chi connectivity index (χ3n) is 4.46. The molecule has 1 aromatic rings. The Morgan fingerprint density at radius 2 is 1.79 bits per heavy atom. The van der Waals surface area contributed by atoms with Gasteiger partial charge in [0.15, 0.2) is 0 Å². The van der Waals surface area contributed by atoms with Gasteiger partial charge in [-0.25, -0.2) is 4.79 Å². The molecule has 0 aliphatic carbocycles. The molecule has 1 saturated heterocycles. The molecule has 0 atom stereocenters.